The average Bonchev–Trinajstić information content (AvgIpc) is 2.98. The lowest BCUT2D eigenvalue weighted by molar-refractivity contribution is -0.182. The van der Waals surface area contributed by atoms with Crippen LogP contribution >= 0.6 is 0 Å². The Hall–Kier alpha value is -4.70. The van der Waals surface area contributed by atoms with E-state index in [4.69, 9.17) is 23.7 Å². The SMILES string of the molecule is COC(=O)[C@@H](OC(C)=O)[C@@H](OCc1ccccc1)[C@H](NC(=O)OCc1ccccc1)C(=O)OCc1ccccc1. The molecule has 0 unspecified atom stereocenters. The number of alkyl carbamates (subject to hydrolysis) is 1. The Bertz CT molecular complexity index is 1240. The first-order valence-corrected chi connectivity index (χ1v) is 12.5. The number of carbonyl (C=O) groups is 4. The summed E-state index contributed by atoms with van der Waals surface area (Å²) in [6, 6.07) is 25.1. The van der Waals surface area contributed by atoms with E-state index in [-0.39, 0.29) is 19.8 Å². The molecule has 1 N–H and O–H groups in total. The number of methoxy groups -OCH3 is 1. The van der Waals surface area contributed by atoms with Gasteiger partial charge >= 0.3 is 24.0 Å². The average molecular weight is 550 g/mol. The number of amides is 1. The first-order valence-electron chi connectivity index (χ1n) is 12.5. The first-order chi connectivity index (χ1) is 19.4. The summed E-state index contributed by atoms with van der Waals surface area (Å²) >= 11 is 0. The van der Waals surface area contributed by atoms with Crippen LogP contribution in [0.3, 0.4) is 0 Å². The van der Waals surface area contributed by atoms with Crippen molar-refractivity contribution < 1.29 is 42.9 Å². The topological polar surface area (TPSA) is 126 Å². The van der Waals surface area contributed by atoms with Crippen molar-refractivity contribution in [2.24, 2.45) is 0 Å². The molecule has 0 saturated carbocycles. The van der Waals surface area contributed by atoms with Gasteiger partial charge in [-0.15, -0.1) is 0 Å². The zero-order chi connectivity index (χ0) is 28.7. The molecule has 0 aliphatic rings. The third kappa shape index (κ3) is 9.55. The van der Waals surface area contributed by atoms with Gasteiger partial charge in [-0.3, -0.25) is 4.79 Å². The maximum absolute atomic E-state index is 13.4. The smallest absolute Gasteiger partial charge is 0.408 e. The third-order valence-electron chi connectivity index (χ3n) is 5.60. The van der Waals surface area contributed by atoms with Crippen LogP contribution in [-0.4, -0.2) is 49.4 Å². The van der Waals surface area contributed by atoms with Crippen LogP contribution in [0.15, 0.2) is 91.0 Å². The molecule has 0 radical (unpaired) electrons. The van der Waals surface area contributed by atoms with E-state index in [1.807, 2.05) is 18.2 Å². The van der Waals surface area contributed by atoms with Crippen molar-refractivity contribution in [1.29, 1.82) is 0 Å². The molecule has 0 spiro atoms. The summed E-state index contributed by atoms with van der Waals surface area (Å²) in [5, 5.41) is 2.43. The molecule has 0 heterocycles. The number of hydrogen-bond acceptors (Lipinski definition) is 9. The van der Waals surface area contributed by atoms with Gasteiger partial charge in [0.15, 0.2) is 6.04 Å². The molecule has 3 rings (SSSR count). The minimum absolute atomic E-state index is 0.0849. The summed E-state index contributed by atoms with van der Waals surface area (Å²) in [5.74, 6) is -2.76. The number of ether oxygens (including phenoxy) is 5. The summed E-state index contributed by atoms with van der Waals surface area (Å²) in [6.07, 6.45) is -4.23. The Morgan fingerprint density at radius 1 is 0.675 bits per heavy atom. The maximum atomic E-state index is 13.4. The molecule has 10 heteroatoms. The van der Waals surface area contributed by atoms with E-state index in [0.29, 0.717) is 16.7 Å². The normalized spacial score (nSPS) is 12.8. The van der Waals surface area contributed by atoms with Crippen LogP contribution in [-0.2, 0) is 57.9 Å². The van der Waals surface area contributed by atoms with Crippen molar-refractivity contribution in [2.45, 2.75) is 45.0 Å². The zero-order valence-electron chi connectivity index (χ0n) is 22.2. The van der Waals surface area contributed by atoms with Crippen LogP contribution in [0.5, 0.6) is 0 Å². The second-order valence-electron chi connectivity index (χ2n) is 8.59. The molecular formula is C30H31NO9. The van der Waals surface area contributed by atoms with Crippen molar-refractivity contribution in [3.63, 3.8) is 0 Å². The molecule has 1 amide bonds. The summed E-state index contributed by atoms with van der Waals surface area (Å²) in [7, 11) is 1.09. The highest BCUT2D eigenvalue weighted by Crippen LogP contribution is 2.17. The Morgan fingerprint density at radius 2 is 1.15 bits per heavy atom. The number of rotatable bonds is 13. The Kier molecular flexibility index (Phi) is 11.7. The standard InChI is InChI=1S/C30H31NO9/c1-21(32)40-27(29(34)36-2)26(37-18-22-12-6-3-7-13-22)25(28(33)38-19-23-14-8-4-9-15-23)31-30(35)39-20-24-16-10-5-11-17-24/h3-17,25-27H,18-20H2,1-2H3,(H,31,35)/t25-,26-,27-/m0/s1. The van der Waals surface area contributed by atoms with Crippen molar-refractivity contribution in [3.05, 3.63) is 108 Å². The van der Waals surface area contributed by atoms with E-state index in [9.17, 15) is 19.2 Å². The Balaban J connectivity index is 1.89. The zero-order valence-corrected chi connectivity index (χ0v) is 22.2. The molecule has 10 nitrogen and oxygen atoms in total. The molecule has 3 aromatic carbocycles. The monoisotopic (exact) mass is 549 g/mol. The molecule has 0 saturated heterocycles. The lowest BCUT2D eigenvalue weighted by atomic mass is 10.0. The molecule has 3 aromatic rings. The van der Waals surface area contributed by atoms with Crippen LogP contribution < -0.4 is 5.32 Å². The van der Waals surface area contributed by atoms with E-state index < -0.39 is 42.3 Å². The molecule has 3 atom stereocenters. The largest absolute Gasteiger partial charge is 0.466 e. The minimum Gasteiger partial charge on any atom is -0.466 e. The van der Waals surface area contributed by atoms with Gasteiger partial charge in [-0.1, -0.05) is 91.0 Å². The van der Waals surface area contributed by atoms with Gasteiger partial charge in [0, 0.05) is 6.92 Å². The molecule has 0 fully saturated rings. The molecule has 0 aliphatic carbocycles. The van der Waals surface area contributed by atoms with E-state index in [1.54, 1.807) is 72.8 Å². The molecule has 0 aliphatic heterocycles. The van der Waals surface area contributed by atoms with Crippen molar-refractivity contribution in [3.8, 4) is 0 Å². The Morgan fingerprint density at radius 3 is 1.62 bits per heavy atom. The van der Waals surface area contributed by atoms with Crippen molar-refractivity contribution >= 4 is 24.0 Å². The van der Waals surface area contributed by atoms with Gasteiger partial charge in [-0.25, -0.2) is 14.4 Å². The van der Waals surface area contributed by atoms with Gasteiger partial charge in [-0.05, 0) is 16.7 Å². The van der Waals surface area contributed by atoms with E-state index >= 15 is 0 Å². The van der Waals surface area contributed by atoms with Crippen LogP contribution in [0.4, 0.5) is 4.79 Å². The number of carbonyl (C=O) groups excluding carboxylic acids is 4. The van der Waals surface area contributed by atoms with Crippen LogP contribution in [0, 0.1) is 0 Å². The van der Waals surface area contributed by atoms with Gasteiger partial charge in [0.05, 0.1) is 13.7 Å². The lowest BCUT2D eigenvalue weighted by Gasteiger charge is -2.30. The highest BCUT2D eigenvalue weighted by atomic mass is 16.6. The number of hydrogen-bond donors (Lipinski definition) is 1. The first kappa shape index (κ1) is 29.9. The molecule has 0 aromatic heterocycles. The van der Waals surface area contributed by atoms with Crippen LogP contribution in [0.1, 0.15) is 23.6 Å². The molecule has 0 bridgehead atoms. The Labute approximate surface area is 232 Å². The molecule has 210 valence electrons. The maximum Gasteiger partial charge on any atom is 0.408 e. The summed E-state index contributed by atoms with van der Waals surface area (Å²) in [6.45, 7) is 0.787. The lowest BCUT2D eigenvalue weighted by Crippen LogP contribution is -2.57. The summed E-state index contributed by atoms with van der Waals surface area (Å²) < 4.78 is 26.8. The predicted octanol–water partition coefficient (Wildman–Crippen LogP) is 3.71. The van der Waals surface area contributed by atoms with Gasteiger partial charge in [0.25, 0.3) is 0 Å². The van der Waals surface area contributed by atoms with Gasteiger partial charge < -0.3 is 29.0 Å². The van der Waals surface area contributed by atoms with Crippen molar-refractivity contribution in [1.82, 2.24) is 5.32 Å². The number of benzene rings is 3. The van der Waals surface area contributed by atoms with Gasteiger partial charge in [0.1, 0.15) is 19.3 Å². The molecule has 40 heavy (non-hydrogen) atoms. The van der Waals surface area contributed by atoms with E-state index in [0.717, 1.165) is 14.0 Å². The fourth-order valence-corrected chi connectivity index (χ4v) is 3.65. The molecular weight excluding hydrogens is 518 g/mol. The van der Waals surface area contributed by atoms with E-state index in [2.05, 4.69) is 5.32 Å². The fraction of sp³-hybridized carbons (Fsp3) is 0.267. The summed E-state index contributed by atoms with van der Waals surface area (Å²) in [4.78, 5) is 50.9. The van der Waals surface area contributed by atoms with Crippen LogP contribution in [0.25, 0.3) is 0 Å². The third-order valence-corrected chi connectivity index (χ3v) is 5.60. The number of nitrogens with one attached hydrogen (secondary N) is 1. The highest BCUT2D eigenvalue weighted by Gasteiger charge is 2.44. The van der Waals surface area contributed by atoms with Gasteiger partial charge in [0.2, 0.25) is 6.10 Å². The second-order valence-corrected chi connectivity index (χ2v) is 8.59. The fourth-order valence-electron chi connectivity index (χ4n) is 3.65. The predicted molar refractivity (Wildman–Crippen MR) is 142 cm³/mol. The second kappa shape index (κ2) is 15.6. The van der Waals surface area contributed by atoms with Crippen LogP contribution in [0.2, 0.25) is 0 Å². The number of esters is 3. The highest BCUT2D eigenvalue weighted by molar-refractivity contribution is 5.85. The summed E-state index contributed by atoms with van der Waals surface area (Å²) in [5.41, 5.74) is 2.10. The minimum atomic E-state index is -1.71. The van der Waals surface area contributed by atoms with Gasteiger partial charge in [-0.2, -0.15) is 0 Å². The van der Waals surface area contributed by atoms with Crippen molar-refractivity contribution in [2.75, 3.05) is 7.11 Å². The quantitative estimate of drug-likeness (QED) is 0.251. The van der Waals surface area contributed by atoms with E-state index in [1.165, 1.54) is 0 Å².